The van der Waals surface area contributed by atoms with Crippen LogP contribution >= 0.6 is 0 Å². The van der Waals surface area contributed by atoms with Gasteiger partial charge in [0.2, 0.25) is 5.91 Å². The van der Waals surface area contributed by atoms with Crippen molar-refractivity contribution in [2.24, 2.45) is 0 Å². The zero-order valence-electron chi connectivity index (χ0n) is 11.6. The number of rotatable bonds is 5. The number of carbonyl (C=O) groups is 1. The minimum Gasteiger partial charge on any atom is -0.355 e. The van der Waals surface area contributed by atoms with Crippen LogP contribution in [0, 0.1) is 0 Å². The van der Waals surface area contributed by atoms with Gasteiger partial charge < -0.3 is 15.2 Å². The predicted octanol–water partition coefficient (Wildman–Crippen LogP) is 1.90. The third-order valence-corrected chi connectivity index (χ3v) is 3.93. The summed E-state index contributed by atoms with van der Waals surface area (Å²) in [6, 6.07) is 10.5. The molecule has 0 radical (unpaired) electrons. The fraction of sp³-hybridized carbons (Fsp3) is 0.438. The fourth-order valence-electron chi connectivity index (χ4n) is 2.83. The number of amides is 1. The molecule has 1 atom stereocenters. The standard InChI is InChI=1S/C16H21N3O/c20-16(14-6-3-9-17-14)18-10-4-11-19-12-8-13-5-1-2-7-15(13)19/h1-2,5,7-8,12,14,17H,3-4,6,9-11H2,(H,18,20). The highest BCUT2D eigenvalue weighted by Crippen LogP contribution is 2.15. The number of aromatic nitrogens is 1. The number of aryl methyl sites for hydroxylation is 1. The number of hydrogen-bond donors (Lipinski definition) is 2. The number of carbonyl (C=O) groups excluding carboxylic acids is 1. The minimum atomic E-state index is 0.0300. The van der Waals surface area contributed by atoms with Gasteiger partial charge in [0.25, 0.3) is 0 Å². The number of fused-ring (bicyclic) bond motifs is 1. The molecule has 1 aromatic carbocycles. The maximum atomic E-state index is 11.8. The Balaban J connectivity index is 1.47. The lowest BCUT2D eigenvalue weighted by Gasteiger charge is -2.11. The summed E-state index contributed by atoms with van der Waals surface area (Å²) in [5.74, 6) is 0.153. The molecule has 2 aromatic rings. The van der Waals surface area contributed by atoms with Gasteiger partial charge in [0.05, 0.1) is 6.04 Å². The topological polar surface area (TPSA) is 46.1 Å². The third-order valence-electron chi connectivity index (χ3n) is 3.93. The molecule has 2 heterocycles. The lowest BCUT2D eigenvalue weighted by atomic mass is 10.2. The lowest BCUT2D eigenvalue weighted by Crippen LogP contribution is -2.40. The molecule has 0 saturated carbocycles. The summed E-state index contributed by atoms with van der Waals surface area (Å²) < 4.78 is 2.25. The van der Waals surface area contributed by atoms with Gasteiger partial charge in [-0.2, -0.15) is 0 Å². The van der Waals surface area contributed by atoms with Gasteiger partial charge in [0.15, 0.2) is 0 Å². The SMILES string of the molecule is O=C(NCCCn1ccc2ccccc21)C1CCCN1. The van der Waals surface area contributed by atoms with Crippen LogP contribution < -0.4 is 10.6 Å². The molecule has 1 amide bonds. The number of nitrogens with zero attached hydrogens (tertiary/aromatic N) is 1. The largest absolute Gasteiger partial charge is 0.355 e. The molecule has 1 aromatic heterocycles. The first-order valence-corrected chi connectivity index (χ1v) is 7.39. The Morgan fingerprint density at radius 2 is 2.25 bits per heavy atom. The molecule has 106 valence electrons. The van der Waals surface area contributed by atoms with Crippen molar-refractivity contribution in [1.29, 1.82) is 0 Å². The minimum absolute atomic E-state index is 0.0300. The van der Waals surface area contributed by atoms with Crippen molar-refractivity contribution in [2.45, 2.75) is 31.8 Å². The Morgan fingerprint density at radius 3 is 3.10 bits per heavy atom. The van der Waals surface area contributed by atoms with E-state index in [9.17, 15) is 4.79 Å². The normalized spacial score (nSPS) is 18.5. The number of para-hydroxylation sites is 1. The van der Waals surface area contributed by atoms with Gasteiger partial charge >= 0.3 is 0 Å². The van der Waals surface area contributed by atoms with Crippen LogP contribution in [0.1, 0.15) is 19.3 Å². The van der Waals surface area contributed by atoms with Crippen LogP contribution in [0.3, 0.4) is 0 Å². The summed E-state index contributed by atoms with van der Waals surface area (Å²) in [7, 11) is 0. The molecule has 0 bridgehead atoms. The highest BCUT2D eigenvalue weighted by molar-refractivity contribution is 5.82. The van der Waals surface area contributed by atoms with Crippen molar-refractivity contribution in [3.05, 3.63) is 36.5 Å². The van der Waals surface area contributed by atoms with Gasteiger partial charge in [-0.1, -0.05) is 18.2 Å². The second kappa shape index (κ2) is 6.09. The molecule has 1 aliphatic rings. The highest BCUT2D eigenvalue weighted by Gasteiger charge is 2.20. The van der Waals surface area contributed by atoms with Crippen LogP contribution in [0.15, 0.2) is 36.5 Å². The first kappa shape index (κ1) is 13.2. The van der Waals surface area contributed by atoms with Crippen molar-refractivity contribution in [1.82, 2.24) is 15.2 Å². The monoisotopic (exact) mass is 271 g/mol. The molecule has 4 heteroatoms. The van der Waals surface area contributed by atoms with Crippen molar-refractivity contribution < 1.29 is 4.79 Å². The summed E-state index contributed by atoms with van der Waals surface area (Å²) in [6.07, 6.45) is 5.14. The molecule has 2 N–H and O–H groups in total. The van der Waals surface area contributed by atoms with Gasteiger partial charge in [-0.05, 0) is 43.3 Å². The molecule has 3 rings (SSSR count). The van der Waals surface area contributed by atoms with Crippen LogP contribution in [0.5, 0.6) is 0 Å². The van der Waals surface area contributed by atoms with E-state index in [1.165, 1.54) is 10.9 Å². The summed E-state index contributed by atoms with van der Waals surface area (Å²) >= 11 is 0. The summed E-state index contributed by atoms with van der Waals surface area (Å²) in [4.78, 5) is 11.8. The molecule has 0 aliphatic carbocycles. The van der Waals surface area contributed by atoms with Crippen LogP contribution in [-0.4, -0.2) is 29.6 Å². The average molecular weight is 271 g/mol. The smallest absolute Gasteiger partial charge is 0.237 e. The Hall–Kier alpha value is -1.81. The average Bonchev–Trinajstić information content (AvgIpc) is 3.13. The van der Waals surface area contributed by atoms with E-state index in [0.717, 1.165) is 38.9 Å². The molecule has 4 nitrogen and oxygen atoms in total. The van der Waals surface area contributed by atoms with Crippen molar-refractivity contribution in [3.63, 3.8) is 0 Å². The fourth-order valence-corrected chi connectivity index (χ4v) is 2.83. The van der Waals surface area contributed by atoms with Gasteiger partial charge in [-0.15, -0.1) is 0 Å². The number of benzene rings is 1. The number of hydrogen-bond acceptors (Lipinski definition) is 2. The van der Waals surface area contributed by atoms with Gasteiger partial charge in [0, 0.05) is 24.8 Å². The quantitative estimate of drug-likeness (QED) is 0.816. The summed E-state index contributed by atoms with van der Waals surface area (Å²) in [5.41, 5.74) is 1.26. The van der Waals surface area contributed by atoms with E-state index >= 15 is 0 Å². The van der Waals surface area contributed by atoms with E-state index in [0.29, 0.717) is 0 Å². The summed E-state index contributed by atoms with van der Waals surface area (Å²) in [5, 5.41) is 7.51. The highest BCUT2D eigenvalue weighted by atomic mass is 16.2. The molecule has 1 unspecified atom stereocenters. The predicted molar refractivity (Wildman–Crippen MR) is 80.6 cm³/mol. The molecule has 0 spiro atoms. The maximum absolute atomic E-state index is 11.8. The van der Waals surface area contributed by atoms with Crippen molar-refractivity contribution >= 4 is 16.8 Å². The van der Waals surface area contributed by atoms with E-state index in [1.807, 2.05) is 0 Å². The van der Waals surface area contributed by atoms with Gasteiger partial charge in [-0.3, -0.25) is 4.79 Å². The molecular weight excluding hydrogens is 250 g/mol. The van der Waals surface area contributed by atoms with E-state index in [4.69, 9.17) is 0 Å². The molecule has 1 saturated heterocycles. The zero-order valence-corrected chi connectivity index (χ0v) is 11.6. The molecule has 1 aliphatic heterocycles. The van der Waals surface area contributed by atoms with Crippen LogP contribution in [0.25, 0.3) is 10.9 Å². The third kappa shape index (κ3) is 2.85. The molecular formula is C16H21N3O. The first-order valence-electron chi connectivity index (χ1n) is 7.39. The Morgan fingerprint density at radius 1 is 1.35 bits per heavy atom. The van der Waals surface area contributed by atoms with E-state index in [1.54, 1.807) is 0 Å². The second-order valence-electron chi connectivity index (χ2n) is 5.36. The Bertz CT molecular complexity index is 584. The van der Waals surface area contributed by atoms with E-state index in [2.05, 4.69) is 51.7 Å². The Labute approximate surface area is 119 Å². The first-order chi connectivity index (χ1) is 9.84. The van der Waals surface area contributed by atoms with Crippen LogP contribution in [0.4, 0.5) is 0 Å². The molecule has 1 fully saturated rings. The molecule has 20 heavy (non-hydrogen) atoms. The van der Waals surface area contributed by atoms with Gasteiger partial charge in [-0.25, -0.2) is 0 Å². The number of nitrogens with one attached hydrogen (secondary N) is 2. The van der Waals surface area contributed by atoms with E-state index < -0.39 is 0 Å². The van der Waals surface area contributed by atoms with Crippen LogP contribution in [0.2, 0.25) is 0 Å². The van der Waals surface area contributed by atoms with Gasteiger partial charge in [0.1, 0.15) is 0 Å². The van der Waals surface area contributed by atoms with Crippen molar-refractivity contribution in [2.75, 3.05) is 13.1 Å². The van der Waals surface area contributed by atoms with E-state index in [-0.39, 0.29) is 11.9 Å². The van der Waals surface area contributed by atoms with Crippen LogP contribution in [-0.2, 0) is 11.3 Å². The second-order valence-corrected chi connectivity index (χ2v) is 5.36. The summed E-state index contributed by atoms with van der Waals surface area (Å²) in [6.45, 7) is 2.64. The Kier molecular flexibility index (Phi) is 4.02. The lowest BCUT2D eigenvalue weighted by molar-refractivity contribution is -0.122. The van der Waals surface area contributed by atoms with Crippen molar-refractivity contribution in [3.8, 4) is 0 Å². The zero-order chi connectivity index (χ0) is 13.8. The maximum Gasteiger partial charge on any atom is 0.237 e.